The minimum atomic E-state index is 0.586. The van der Waals surface area contributed by atoms with Crippen molar-refractivity contribution in [3.8, 4) is 0 Å². The predicted molar refractivity (Wildman–Crippen MR) is 75.8 cm³/mol. The molecule has 1 saturated carbocycles. The highest BCUT2D eigenvalue weighted by Crippen LogP contribution is 2.34. The largest absolute Gasteiger partial charge is 0.379 e. The van der Waals surface area contributed by atoms with Gasteiger partial charge in [0.15, 0.2) is 0 Å². The van der Waals surface area contributed by atoms with Gasteiger partial charge >= 0.3 is 0 Å². The lowest BCUT2D eigenvalue weighted by molar-refractivity contribution is -0.0198. The zero-order valence-corrected chi connectivity index (χ0v) is 12.5. The molecule has 1 aliphatic carbocycles. The van der Waals surface area contributed by atoms with Crippen LogP contribution in [0.2, 0.25) is 0 Å². The molecule has 3 nitrogen and oxygen atoms in total. The van der Waals surface area contributed by atoms with Crippen LogP contribution in [0, 0.1) is 17.8 Å². The molecule has 2 fully saturated rings. The van der Waals surface area contributed by atoms with Crippen LogP contribution in [0.4, 0.5) is 0 Å². The predicted octanol–water partition coefficient (Wildman–Crippen LogP) is 1.98. The van der Waals surface area contributed by atoms with Crippen molar-refractivity contribution in [1.82, 2.24) is 10.2 Å². The molecule has 106 valence electrons. The molecular weight excluding hydrogens is 224 g/mol. The summed E-state index contributed by atoms with van der Waals surface area (Å²) in [6.07, 6.45) is 2.73. The maximum absolute atomic E-state index is 5.54. The molecule has 0 bridgehead atoms. The van der Waals surface area contributed by atoms with Gasteiger partial charge in [0, 0.05) is 25.2 Å². The normalized spacial score (nSPS) is 43.0. The van der Waals surface area contributed by atoms with Gasteiger partial charge in [-0.2, -0.15) is 0 Å². The second-order valence-electron chi connectivity index (χ2n) is 6.53. The van der Waals surface area contributed by atoms with Gasteiger partial charge in [0.2, 0.25) is 0 Å². The van der Waals surface area contributed by atoms with Crippen molar-refractivity contribution in [2.75, 3.05) is 33.4 Å². The summed E-state index contributed by atoms with van der Waals surface area (Å²) in [5.74, 6) is 2.50. The number of nitrogens with zero attached hydrogens (tertiary/aromatic N) is 1. The van der Waals surface area contributed by atoms with Crippen molar-refractivity contribution in [3.05, 3.63) is 0 Å². The number of morpholine rings is 1. The Hall–Kier alpha value is -0.120. The van der Waals surface area contributed by atoms with Crippen LogP contribution in [0.15, 0.2) is 0 Å². The van der Waals surface area contributed by atoms with Crippen LogP contribution < -0.4 is 5.32 Å². The van der Waals surface area contributed by atoms with Crippen LogP contribution in [0.1, 0.15) is 33.6 Å². The zero-order valence-electron chi connectivity index (χ0n) is 12.5. The quantitative estimate of drug-likeness (QED) is 0.833. The topological polar surface area (TPSA) is 24.5 Å². The maximum atomic E-state index is 5.54. The minimum Gasteiger partial charge on any atom is -0.379 e. The molecule has 5 atom stereocenters. The molecule has 1 aliphatic heterocycles. The summed E-state index contributed by atoms with van der Waals surface area (Å²) >= 11 is 0. The Kier molecular flexibility index (Phi) is 5.05. The molecular formula is C15H30N2O. The second kappa shape index (κ2) is 6.36. The summed E-state index contributed by atoms with van der Waals surface area (Å²) in [5.41, 5.74) is 0. The highest BCUT2D eigenvalue weighted by Gasteiger charge is 2.35. The average Bonchev–Trinajstić information content (AvgIpc) is 2.34. The molecule has 3 heteroatoms. The molecule has 0 radical (unpaired) electrons. The Morgan fingerprint density at radius 1 is 1.22 bits per heavy atom. The van der Waals surface area contributed by atoms with Crippen LogP contribution in [0.25, 0.3) is 0 Å². The fourth-order valence-corrected chi connectivity index (χ4v) is 3.85. The van der Waals surface area contributed by atoms with Crippen LogP contribution in [-0.4, -0.2) is 50.3 Å². The average molecular weight is 254 g/mol. The van der Waals surface area contributed by atoms with Crippen molar-refractivity contribution in [1.29, 1.82) is 0 Å². The smallest absolute Gasteiger partial charge is 0.0619 e. The summed E-state index contributed by atoms with van der Waals surface area (Å²) in [5, 5.41) is 3.56. The van der Waals surface area contributed by atoms with Gasteiger partial charge in [0.1, 0.15) is 0 Å². The second-order valence-corrected chi connectivity index (χ2v) is 6.53. The number of ether oxygens (including phenoxy) is 1. The van der Waals surface area contributed by atoms with Crippen molar-refractivity contribution >= 4 is 0 Å². The Balaban J connectivity index is 1.96. The van der Waals surface area contributed by atoms with Gasteiger partial charge in [-0.05, 0) is 44.6 Å². The van der Waals surface area contributed by atoms with Gasteiger partial charge in [-0.3, -0.25) is 4.90 Å². The van der Waals surface area contributed by atoms with Gasteiger partial charge in [-0.15, -0.1) is 0 Å². The Bertz CT molecular complexity index is 259. The van der Waals surface area contributed by atoms with Crippen molar-refractivity contribution < 1.29 is 4.74 Å². The monoisotopic (exact) mass is 254 g/mol. The van der Waals surface area contributed by atoms with Crippen LogP contribution in [0.5, 0.6) is 0 Å². The van der Waals surface area contributed by atoms with Crippen molar-refractivity contribution in [3.63, 3.8) is 0 Å². The van der Waals surface area contributed by atoms with E-state index in [1.165, 1.54) is 19.4 Å². The van der Waals surface area contributed by atoms with Crippen LogP contribution in [0.3, 0.4) is 0 Å². The summed E-state index contributed by atoms with van der Waals surface area (Å²) < 4.78 is 5.54. The van der Waals surface area contributed by atoms with E-state index in [4.69, 9.17) is 4.74 Å². The van der Waals surface area contributed by atoms with Crippen LogP contribution >= 0.6 is 0 Å². The lowest BCUT2D eigenvalue weighted by Crippen LogP contribution is -2.52. The first-order valence-corrected chi connectivity index (χ1v) is 7.60. The number of rotatable bonds is 3. The fraction of sp³-hybridized carbons (Fsp3) is 1.00. The zero-order chi connectivity index (χ0) is 13.1. The Labute approximate surface area is 112 Å². The molecule has 0 amide bonds. The lowest BCUT2D eigenvalue weighted by atomic mass is 9.72. The van der Waals surface area contributed by atoms with Crippen molar-refractivity contribution in [2.45, 2.75) is 45.7 Å². The van der Waals surface area contributed by atoms with Gasteiger partial charge in [0.25, 0.3) is 0 Å². The number of hydrogen-bond acceptors (Lipinski definition) is 3. The van der Waals surface area contributed by atoms with E-state index in [9.17, 15) is 0 Å². The minimum absolute atomic E-state index is 0.586. The molecule has 0 aromatic rings. The third kappa shape index (κ3) is 3.25. The van der Waals surface area contributed by atoms with Crippen molar-refractivity contribution in [2.24, 2.45) is 17.8 Å². The van der Waals surface area contributed by atoms with Crippen LogP contribution in [-0.2, 0) is 4.74 Å². The molecule has 1 heterocycles. The summed E-state index contributed by atoms with van der Waals surface area (Å²) in [7, 11) is 2.13. The van der Waals surface area contributed by atoms with E-state index in [-0.39, 0.29) is 0 Å². The Morgan fingerprint density at radius 2 is 2.00 bits per heavy atom. The molecule has 2 aliphatic rings. The third-order valence-electron chi connectivity index (χ3n) is 5.00. The van der Waals surface area contributed by atoms with E-state index >= 15 is 0 Å². The standard InChI is InChI=1S/C15H30N2O/c1-11-7-12(2)14(15(8-11)16-4)9-17-5-6-18-10-13(17)3/h11-16H,5-10H2,1-4H3. The molecule has 1 saturated heterocycles. The van der Waals surface area contributed by atoms with Gasteiger partial charge in [-0.25, -0.2) is 0 Å². The van der Waals surface area contributed by atoms with E-state index < -0.39 is 0 Å². The van der Waals surface area contributed by atoms with Gasteiger partial charge in [0.05, 0.1) is 13.2 Å². The molecule has 0 aromatic heterocycles. The van der Waals surface area contributed by atoms with Gasteiger partial charge < -0.3 is 10.1 Å². The molecule has 1 N–H and O–H groups in total. The SMILES string of the molecule is CNC1CC(C)CC(C)C1CN1CCOCC1C. The van der Waals surface area contributed by atoms with E-state index in [1.54, 1.807) is 0 Å². The molecule has 0 spiro atoms. The molecule has 18 heavy (non-hydrogen) atoms. The fourth-order valence-electron chi connectivity index (χ4n) is 3.85. The first-order chi connectivity index (χ1) is 8.61. The maximum Gasteiger partial charge on any atom is 0.0619 e. The summed E-state index contributed by atoms with van der Waals surface area (Å²) in [6, 6.07) is 1.28. The van der Waals surface area contributed by atoms with E-state index in [0.29, 0.717) is 12.1 Å². The first kappa shape index (κ1) is 14.3. The highest BCUT2D eigenvalue weighted by atomic mass is 16.5. The summed E-state index contributed by atoms with van der Waals surface area (Å²) in [4.78, 5) is 2.63. The number of hydrogen-bond donors (Lipinski definition) is 1. The Morgan fingerprint density at radius 3 is 2.67 bits per heavy atom. The first-order valence-electron chi connectivity index (χ1n) is 7.60. The number of nitrogens with one attached hydrogen (secondary N) is 1. The summed E-state index contributed by atoms with van der Waals surface area (Å²) in [6.45, 7) is 11.3. The van der Waals surface area contributed by atoms with E-state index in [0.717, 1.165) is 37.5 Å². The lowest BCUT2D eigenvalue weighted by Gasteiger charge is -2.44. The third-order valence-corrected chi connectivity index (χ3v) is 5.00. The van der Waals surface area contributed by atoms with E-state index in [2.05, 4.69) is 38.0 Å². The molecule has 0 aromatic carbocycles. The molecule has 5 unspecified atom stereocenters. The molecule has 2 rings (SSSR count). The van der Waals surface area contributed by atoms with Gasteiger partial charge in [-0.1, -0.05) is 13.8 Å². The highest BCUT2D eigenvalue weighted by molar-refractivity contribution is 4.89. The van der Waals surface area contributed by atoms with E-state index in [1.807, 2.05) is 0 Å².